The minimum absolute atomic E-state index is 0.230. The van der Waals surface area contributed by atoms with Crippen molar-refractivity contribution >= 4 is 32.3 Å². The highest BCUT2D eigenvalue weighted by molar-refractivity contribution is 7.89. The number of aromatic amines is 1. The van der Waals surface area contributed by atoms with Crippen molar-refractivity contribution in [1.29, 1.82) is 0 Å². The largest absolute Gasteiger partial charge is 0.489 e. The Kier molecular flexibility index (Phi) is 5.73. The van der Waals surface area contributed by atoms with Crippen molar-refractivity contribution in [2.45, 2.75) is 24.3 Å². The summed E-state index contributed by atoms with van der Waals surface area (Å²) in [5.41, 5.74) is 2.81. The van der Waals surface area contributed by atoms with Crippen LogP contribution in [0.25, 0.3) is 10.9 Å². The fourth-order valence-electron chi connectivity index (χ4n) is 3.18. The first-order chi connectivity index (χ1) is 13.8. The van der Waals surface area contributed by atoms with Crippen molar-refractivity contribution in [3.63, 3.8) is 0 Å². The van der Waals surface area contributed by atoms with E-state index in [-0.39, 0.29) is 16.3 Å². The molecule has 0 fully saturated rings. The monoisotopic (exact) mass is 420 g/mol. The van der Waals surface area contributed by atoms with Gasteiger partial charge in [-0.15, -0.1) is 0 Å². The van der Waals surface area contributed by atoms with E-state index in [4.69, 9.17) is 4.74 Å². The number of nitro benzene ring substituents is 1. The van der Waals surface area contributed by atoms with E-state index in [0.29, 0.717) is 6.42 Å². The lowest BCUT2D eigenvalue weighted by atomic mass is 10.1. The molecule has 29 heavy (non-hydrogen) atoms. The Labute approximate surface area is 166 Å². The first-order valence-electron chi connectivity index (χ1n) is 8.60. The molecule has 0 aliphatic heterocycles. The molecule has 1 heterocycles. The maximum Gasteiger partial charge on any atom is 0.314 e. The number of aromatic nitrogens is 1. The zero-order valence-electron chi connectivity index (χ0n) is 15.7. The molecule has 2 aromatic carbocycles. The highest BCUT2D eigenvalue weighted by Crippen LogP contribution is 2.37. The molecule has 3 aromatic rings. The van der Waals surface area contributed by atoms with Gasteiger partial charge in [-0.1, -0.05) is 18.2 Å². The number of nitrogens with zero attached hydrogens (tertiary/aromatic N) is 1. The summed E-state index contributed by atoms with van der Waals surface area (Å²) < 4.78 is 33.0. The molecule has 0 saturated heterocycles. The first-order valence-corrected chi connectivity index (χ1v) is 10.1. The molecule has 1 unspecified atom stereocenters. The molecule has 0 aliphatic rings. The number of methoxy groups -OCH3 is 1. The van der Waals surface area contributed by atoms with Gasteiger partial charge in [0, 0.05) is 29.2 Å². The SMILES string of the molecule is COc1c(NO)cc(S(=O)(=O)NC(C)Cc2c[nH]c3ccccc23)cc1[N+](=O)[O-]. The van der Waals surface area contributed by atoms with Crippen LogP contribution in [0.5, 0.6) is 5.75 Å². The zero-order valence-corrected chi connectivity index (χ0v) is 16.5. The number of H-pyrrole nitrogens is 1. The number of fused-ring (bicyclic) bond motifs is 1. The predicted octanol–water partition coefficient (Wildman–Crippen LogP) is 2.80. The van der Waals surface area contributed by atoms with Gasteiger partial charge in [0.2, 0.25) is 15.8 Å². The van der Waals surface area contributed by atoms with Crippen LogP contribution in [0, 0.1) is 10.1 Å². The minimum Gasteiger partial charge on any atom is -0.489 e. The van der Waals surface area contributed by atoms with Gasteiger partial charge in [-0.3, -0.25) is 20.8 Å². The molecule has 0 bridgehead atoms. The summed E-state index contributed by atoms with van der Waals surface area (Å²) in [7, 11) is -2.92. The average molecular weight is 420 g/mol. The van der Waals surface area contributed by atoms with E-state index in [1.165, 1.54) is 7.11 Å². The summed E-state index contributed by atoms with van der Waals surface area (Å²) in [5, 5.41) is 21.5. The molecule has 4 N–H and O–H groups in total. The van der Waals surface area contributed by atoms with Crippen molar-refractivity contribution < 1.29 is 23.3 Å². The van der Waals surface area contributed by atoms with Crippen molar-refractivity contribution in [2.75, 3.05) is 12.6 Å². The van der Waals surface area contributed by atoms with Gasteiger partial charge in [0.05, 0.1) is 16.9 Å². The molecular weight excluding hydrogens is 400 g/mol. The summed E-state index contributed by atoms with van der Waals surface area (Å²) in [6.07, 6.45) is 2.23. The second-order valence-corrected chi connectivity index (χ2v) is 8.19. The van der Waals surface area contributed by atoms with E-state index in [2.05, 4.69) is 9.71 Å². The number of sulfonamides is 1. The number of para-hydroxylation sites is 1. The van der Waals surface area contributed by atoms with E-state index in [1.807, 2.05) is 30.5 Å². The van der Waals surface area contributed by atoms with Crippen LogP contribution >= 0.6 is 0 Å². The molecule has 0 amide bonds. The molecule has 0 radical (unpaired) electrons. The summed E-state index contributed by atoms with van der Waals surface area (Å²) in [6, 6.07) is 9.12. The lowest BCUT2D eigenvalue weighted by Crippen LogP contribution is -2.34. The van der Waals surface area contributed by atoms with Gasteiger partial charge < -0.3 is 9.72 Å². The molecule has 1 aromatic heterocycles. The van der Waals surface area contributed by atoms with Crippen LogP contribution < -0.4 is 14.9 Å². The average Bonchev–Trinajstić information content (AvgIpc) is 3.09. The normalized spacial score (nSPS) is 12.7. The fraction of sp³-hybridized carbons (Fsp3) is 0.222. The smallest absolute Gasteiger partial charge is 0.314 e. The van der Waals surface area contributed by atoms with Crippen LogP contribution in [-0.4, -0.2) is 36.7 Å². The number of nitrogens with one attached hydrogen (secondary N) is 3. The van der Waals surface area contributed by atoms with Crippen LogP contribution in [0.3, 0.4) is 0 Å². The van der Waals surface area contributed by atoms with Gasteiger partial charge in [-0.05, 0) is 31.0 Å². The van der Waals surface area contributed by atoms with Crippen molar-refractivity contribution in [3.05, 3.63) is 58.3 Å². The lowest BCUT2D eigenvalue weighted by Gasteiger charge is -2.15. The lowest BCUT2D eigenvalue weighted by molar-refractivity contribution is -0.385. The van der Waals surface area contributed by atoms with Gasteiger partial charge in [-0.25, -0.2) is 13.1 Å². The summed E-state index contributed by atoms with van der Waals surface area (Å²) >= 11 is 0. The first kappa shape index (κ1) is 20.6. The molecule has 11 heteroatoms. The summed E-state index contributed by atoms with van der Waals surface area (Å²) in [5.74, 6) is -0.275. The Bertz CT molecular complexity index is 1160. The Balaban J connectivity index is 1.88. The predicted molar refractivity (Wildman–Crippen MR) is 107 cm³/mol. The Morgan fingerprint density at radius 3 is 2.69 bits per heavy atom. The quantitative estimate of drug-likeness (QED) is 0.324. The van der Waals surface area contributed by atoms with Crippen LogP contribution in [-0.2, 0) is 16.4 Å². The third-order valence-electron chi connectivity index (χ3n) is 4.43. The fourth-order valence-corrected chi connectivity index (χ4v) is 4.47. The summed E-state index contributed by atoms with van der Waals surface area (Å²) in [4.78, 5) is 13.3. The Morgan fingerprint density at radius 1 is 1.31 bits per heavy atom. The number of anilines is 1. The van der Waals surface area contributed by atoms with Gasteiger partial charge in [-0.2, -0.15) is 0 Å². The standard InChI is InChI=1S/C18H20N4O6S/c1-11(7-12-10-19-15-6-4-3-5-14(12)15)21-29(26,27)13-8-16(20-23)18(28-2)17(9-13)22(24)25/h3-6,8-11,19-21,23H,7H2,1-2H3. The third kappa shape index (κ3) is 4.16. The van der Waals surface area contributed by atoms with Crippen molar-refractivity contribution in [3.8, 4) is 5.75 Å². The number of hydrogen-bond acceptors (Lipinski definition) is 7. The Hall–Kier alpha value is -3.15. The molecular formula is C18H20N4O6S. The van der Waals surface area contributed by atoms with Gasteiger partial charge in [0.25, 0.3) is 0 Å². The molecule has 3 rings (SSSR count). The second-order valence-electron chi connectivity index (χ2n) is 6.48. The van der Waals surface area contributed by atoms with Crippen LogP contribution in [0.4, 0.5) is 11.4 Å². The number of rotatable bonds is 8. The Morgan fingerprint density at radius 2 is 2.03 bits per heavy atom. The van der Waals surface area contributed by atoms with Gasteiger partial charge >= 0.3 is 5.69 Å². The second kappa shape index (κ2) is 8.07. The molecule has 154 valence electrons. The zero-order chi connectivity index (χ0) is 21.2. The maximum atomic E-state index is 12.8. The van der Waals surface area contributed by atoms with Gasteiger partial charge in [0.15, 0.2) is 0 Å². The van der Waals surface area contributed by atoms with E-state index < -0.39 is 26.7 Å². The molecule has 0 spiro atoms. The molecule has 1 atom stereocenters. The molecule has 10 nitrogen and oxygen atoms in total. The molecule has 0 saturated carbocycles. The van der Waals surface area contributed by atoms with E-state index in [9.17, 15) is 23.7 Å². The van der Waals surface area contributed by atoms with E-state index >= 15 is 0 Å². The number of benzene rings is 2. The van der Waals surface area contributed by atoms with E-state index in [1.54, 1.807) is 12.4 Å². The van der Waals surface area contributed by atoms with Crippen LogP contribution in [0.15, 0.2) is 47.5 Å². The molecule has 0 aliphatic carbocycles. The van der Waals surface area contributed by atoms with Gasteiger partial charge in [0.1, 0.15) is 5.69 Å². The number of nitro groups is 1. The highest BCUT2D eigenvalue weighted by Gasteiger charge is 2.27. The van der Waals surface area contributed by atoms with Crippen molar-refractivity contribution in [1.82, 2.24) is 9.71 Å². The van der Waals surface area contributed by atoms with Crippen LogP contribution in [0.1, 0.15) is 12.5 Å². The maximum absolute atomic E-state index is 12.8. The van der Waals surface area contributed by atoms with Crippen LogP contribution in [0.2, 0.25) is 0 Å². The minimum atomic E-state index is -4.10. The topological polar surface area (TPSA) is 147 Å². The highest BCUT2D eigenvalue weighted by atomic mass is 32.2. The van der Waals surface area contributed by atoms with Crippen molar-refractivity contribution in [2.24, 2.45) is 0 Å². The number of ether oxygens (including phenoxy) is 1. The third-order valence-corrected chi connectivity index (χ3v) is 6.00. The van der Waals surface area contributed by atoms with E-state index in [0.717, 1.165) is 28.6 Å². The number of hydrogen-bond donors (Lipinski definition) is 4. The summed E-state index contributed by atoms with van der Waals surface area (Å²) in [6.45, 7) is 1.70.